The van der Waals surface area contributed by atoms with Crippen molar-refractivity contribution in [2.75, 3.05) is 0 Å². The van der Waals surface area contributed by atoms with Crippen LogP contribution < -0.4 is 0 Å². The third-order valence-electron chi connectivity index (χ3n) is 0. The van der Waals surface area contributed by atoms with Crippen LogP contribution in [0.25, 0.3) is 0 Å². The van der Waals surface area contributed by atoms with Gasteiger partial charge in [0.05, 0.1) is 0 Å². The zero-order valence-corrected chi connectivity index (χ0v) is 9.07. The van der Waals surface area contributed by atoms with Crippen molar-refractivity contribution >= 4 is 23.0 Å². The van der Waals surface area contributed by atoms with E-state index in [2.05, 4.69) is 0 Å². The first-order valence-corrected chi connectivity index (χ1v) is 1.37. The van der Waals surface area contributed by atoms with Crippen molar-refractivity contribution in [1.29, 1.82) is 0 Å². The predicted octanol–water partition coefficient (Wildman–Crippen LogP) is -0.775. The van der Waals surface area contributed by atoms with Crippen LogP contribution in [0.15, 0.2) is 0 Å². The van der Waals surface area contributed by atoms with Gasteiger partial charge in [0.2, 0.25) is 0 Å². The van der Waals surface area contributed by atoms with Gasteiger partial charge < -0.3 is 0 Å². The molecule has 0 aliphatic carbocycles. The van der Waals surface area contributed by atoms with Crippen LogP contribution in [0, 0.1) is 0 Å². The van der Waals surface area contributed by atoms with Crippen LogP contribution in [-0.4, -0.2) is 23.0 Å². The molecule has 0 aromatic heterocycles. The molecule has 0 aliphatic rings. The Morgan fingerprint density at radius 1 is 1.20 bits per heavy atom. The summed E-state index contributed by atoms with van der Waals surface area (Å²) in [5.41, 5.74) is 0. The van der Waals surface area contributed by atoms with Crippen molar-refractivity contribution < 1.29 is 59.2 Å². The predicted molar refractivity (Wildman–Crippen MR) is 7.84 cm³/mol. The number of hydrogen-bond acceptors (Lipinski definition) is 1. The molecule has 0 aromatic carbocycles. The van der Waals surface area contributed by atoms with Crippen LogP contribution in [0.1, 0.15) is 0 Å². The molecular formula is HCrMnOSbTi. The van der Waals surface area contributed by atoms with E-state index in [1.54, 1.807) is 0 Å². The fraction of sp³-hybridized carbons (Fsp3) is 0. The van der Waals surface area contributed by atoms with Gasteiger partial charge in [-0.3, -0.25) is 0 Å². The minimum Gasteiger partial charge on any atom is 0 e. The minimum absolute atomic E-state index is 0. The van der Waals surface area contributed by atoms with E-state index in [1.807, 2.05) is 0 Å². The van der Waals surface area contributed by atoms with E-state index in [-0.39, 0.29) is 56.1 Å². The Kier molecular flexibility index (Phi) is 171. The molecule has 0 saturated heterocycles. The van der Waals surface area contributed by atoms with Gasteiger partial charge in [0.25, 0.3) is 0 Å². The molecule has 5 heavy (non-hydrogen) atoms. The molecule has 0 spiro atoms. The van der Waals surface area contributed by atoms with Crippen molar-refractivity contribution in [3.05, 3.63) is 0 Å². The maximum absolute atomic E-state index is 8.34. The monoisotopic (exact) mass is 293 g/mol. The van der Waals surface area contributed by atoms with Gasteiger partial charge in [-0.15, -0.1) is 0 Å². The van der Waals surface area contributed by atoms with E-state index < -0.39 is 0 Å². The summed E-state index contributed by atoms with van der Waals surface area (Å²) in [4.78, 5) is 0. The average Bonchev–Trinajstić information content (AvgIpc) is 1.00. The summed E-state index contributed by atoms with van der Waals surface area (Å²) >= 11 is 0.300. The molecule has 5 heteroatoms. The molecule has 0 bridgehead atoms. The Balaban J connectivity index is -0.00000000167. The Morgan fingerprint density at radius 3 is 1.20 bits per heavy atom. The first-order valence-electron chi connectivity index (χ1n) is 0.204. The molecule has 0 saturated carbocycles. The van der Waals surface area contributed by atoms with Crippen LogP contribution in [-0.2, 0) is 59.2 Å². The van der Waals surface area contributed by atoms with Gasteiger partial charge in [-0.1, -0.05) is 0 Å². The van der Waals surface area contributed by atoms with E-state index in [0.717, 1.165) is 0 Å². The maximum Gasteiger partial charge on any atom is 0 e. The molecule has 1 radical (unpaired) electrons. The summed E-state index contributed by atoms with van der Waals surface area (Å²) in [6.45, 7) is 0. The molecule has 0 atom stereocenters. The Labute approximate surface area is 81.0 Å². The smallest absolute Gasteiger partial charge is 0 e. The fourth-order valence-electron chi connectivity index (χ4n) is 0. The first-order chi connectivity index (χ1) is 1.00. The molecule has 0 heterocycles. The second-order valence-corrected chi connectivity index (χ2v) is 0. The van der Waals surface area contributed by atoms with Crippen molar-refractivity contribution in [1.82, 2.24) is 0 Å². The van der Waals surface area contributed by atoms with E-state index in [4.69, 9.17) is 3.02 Å². The molecule has 0 unspecified atom stereocenters. The Hall–Kier alpha value is 2.38. The van der Waals surface area contributed by atoms with Gasteiger partial charge in [-0.25, -0.2) is 0 Å². The number of rotatable bonds is 0. The van der Waals surface area contributed by atoms with Gasteiger partial charge >= 0.3 is 26.0 Å². The molecular weight excluding hydrogens is 293 g/mol. The van der Waals surface area contributed by atoms with Crippen molar-refractivity contribution in [2.45, 2.75) is 0 Å². The van der Waals surface area contributed by atoms with E-state index >= 15 is 0 Å². The second-order valence-electron chi connectivity index (χ2n) is 0. The van der Waals surface area contributed by atoms with E-state index in [0.29, 0.717) is 23.0 Å². The van der Waals surface area contributed by atoms with Gasteiger partial charge in [-0.05, 0) is 0 Å². The van der Waals surface area contributed by atoms with E-state index in [1.165, 1.54) is 0 Å². The van der Waals surface area contributed by atoms with Crippen molar-refractivity contribution in [3.63, 3.8) is 0 Å². The van der Waals surface area contributed by atoms with Gasteiger partial charge in [-0.2, -0.15) is 0 Å². The van der Waals surface area contributed by atoms with Gasteiger partial charge in [0, 0.05) is 56.1 Å². The molecule has 0 aliphatic heterocycles. The zero-order chi connectivity index (χ0) is 2.00. The zero-order valence-electron chi connectivity index (χ0n) is 2.19. The summed E-state index contributed by atoms with van der Waals surface area (Å²) in [5, 5.41) is 0. The summed E-state index contributed by atoms with van der Waals surface area (Å²) in [6.07, 6.45) is 0. The third-order valence-corrected chi connectivity index (χ3v) is 0. The van der Waals surface area contributed by atoms with Gasteiger partial charge in [0.1, 0.15) is 0 Å². The summed E-state index contributed by atoms with van der Waals surface area (Å²) < 4.78 is 8.34. The minimum atomic E-state index is 0. The molecule has 0 aromatic rings. The molecule has 0 N–H and O–H groups in total. The standard InChI is InChI=1S/Cr.Mn.O.Sb.Ti.H. The second kappa shape index (κ2) is 32.6. The largest absolute Gasteiger partial charge is 0 e. The third kappa shape index (κ3) is 21.6. The summed E-state index contributed by atoms with van der Waals surface area (Å²) in [6, 6.07) is 0. The van der Waals surface area contributed by atoms with Crippen LogP contribution in [0.3, 0.4) is 0 Å². The summed E-state index contributed by atoms with van der Waals surface area (Å²) in [5.74, 6) is 0. The van der Waals surface area contributed by atoms with Crippen LogP contribution in [0.4, 0.5) is 0 Å². The molecule has 0 rings (SSSR count). The normalized spacial score (nSPS) is 0.800. The van der Waals surface area contributed by atoms with Crippen LogP contribution >= 0.6 is 0 Å². The summed E-state index contributed by atoms with van der Waals surface area (Å²) in [7, 11) is 0. The molecule has 0 fully saturated rings. The SMILES string of the molecule is [Cr].[Mn].[O]=[SbH].[Ti]. The van der Waals surface area contributed by atoms with E-state index in [9.17, 15) is 0 Å². The Bertz CT molecular complexity index is 11.6. The first kappa shape index (κ1) is 26.3. The number of hydrogen-bond donors (Lipinski definition) is 0. The van der Waals surface area contributed by atoms with Crippen LogP contribution in [0.2, 0.25) is 0 Å². The molecule has 1 nitrogen and oxygen atoms in total. The topological polar surface area (TPSA) is 17.1 Å². The van der Waals surface area contributed by atoms with Crippen molar-refractivity contribution in [2.24, 2.45) is 0 Å². The fourth-order valence-corrected chi connectivity index (χ4v) is 0. The quantitative estimate of drug-likeness (QED) is 0.536. The molecule has 0 amide bonds. The van der Waals surface area contributed by atoms with Gasteiger partial charge in [0.15, 0.2) is 0 Å². The Morgan fingerprint density at radius 2 is 1.20 bits per heavy atom. The average molecular weight is 294 g/mol. The molecule has 29 valence electrons. The van der Waals surface area contributed by atoms with Crippen molar-refractivity contribution in [3.8, 4) is 0 Å². The maximum atomic E-state index is 8.34. The van der Waals surface area contributed by atoms with Crippen LogP contribution in [0.5, 0.6) is 0 Å².